The molecule has 5 nitrogen and oxygen atoms in total. The molecule has 0 saturated heterocycles. The minimum atomic E-state index is -4.37. The Morgan fingerprint density at radius 2 is 2.05 bits per heavy atom. The summed E-state index contributed by atoms with van der Waals surface area (Å²) in [6.45, 7) is -1.76. The van der Waals surface area contributed by atoms with E-state index in [2.05, 4.69) is 15.9 Å². The third kappa shape index (κ3) is 5.43. The molecule has 0 aliphatic carbocycles. The number of nitro benzene ring substituents is 1. The van der Waals surface area contributed by atoms with Crippen LogP contribution >= 0.6 is 15.9 Å². The summed E-state index contributed by atoms with van der Waals surface area (Å²) in [5.41, 5.74) is 0.332. The summed E-state index contributed by atoms with van der Waals surface area (Å²) in [4.78, 5) is 11.0. The molecule has 0 heterocycles. The van der Waals surface area contributed by atoms with Crippen LogP contribution in [0.5, 0.6) is 0 Å². The number of nitro groups is 1. The van der Waals surface area contributed by atoms with Gasteiger partial charge in [0.15, 0.2) is 0 Å². The zero-order valence-corrected chi connectivity index (χ0v) is 11.8. The average Bonchev–Trinajstić information content (AvgIpc) is 2.29. The van der Waals surface area contributed by atoms with Gasteiger partial charge in [-0.25, -0.2) is 0 Å². The first-order valence-corrected chi connectivity index (χ1v) is 6.35. The lowest BCUT2D eigenvalue weighted by Crippen LogP contribution is -2.35. The van der Waals surface area contributed by atoms with Crippen molar-refractivity contribution in [3.05, 3.63) is 38.3 Å². The van der Waals surface area contributed by atoms with Crippen molar-refractivity contribution in [3.63, 3.8) is 0 Å². The third-order valence-corrected chi connectivity index (χ3v) is 3.20. The molecule has 1 N–H and O–H groups in total. The number of halogens is 4. The molecule has 0 saturated carbocycles. The first-order valence-electron chi connectivity index (χ1n) is 5.55. The van der Waals surface area contributed by atoms with Crippen molar-refractivity contribution in [1.29, 1.82) is 0 Å². The van der Waals surface area contributed by atoms with Gasteiger partial charge in [-0.15, -0.1) is 0 Å². The van der Waals surface area contributed by atoms with Crippen molar-refractivity contribution in [2.45, 2.75) is 12.7 Å². The Balaban J connectivity index is 2.85. The van der Waals surface area contributed by atoms with Crippen LogP contribution in [0.4, 0.5) is 18.9 Å². The molecular formula is C11H12BrF3N2O3. The lowest BCUT2D eigenvalue weighted by atomic mass is 10.2. The fraction of sp³-hybridized carbons (Fsp3) is 0.455. The van der Waals surface area contributed by atoms with Crippen LogP contribution in [0.3, 0.4) is 0 Å². The Morgan fingerprint density at radius 1 is 1.40 bits per heavy atom. The van der Waals surface area contributed by atoms with E-state index in [4.69, 9.17) is 5.11 Å². The molecule has 1 aromatic carbocycles. The molecule has 1 rings (SSSR count). The highest BCUT2D eigenvalue weighted by Gasteiger charge is 2.30. The van der Waals surface area contributed by atoms with Gasteiger partial charge in [0.05, 0.1) is 18.1 Å². The number of non-ortho nitro benzene ring substituents is 1. The summed E-state index contributed by atoms with van der Waals surface area (Å²) in [6.07, 6.45) is -4.37. The Kier molecular flexibility index (Phi) is 5.90. The SMILES string of the molecule is O=[N+]([O-])c1ccc(CN(CCO)CC(F)(F)F)c(Br)c1. The van der Waals surface area contributed by atoms with E-state index in [9.17, 15) is 23.3 Å². The molecule has 0 spiro atoms. The average molecular weight is 357 g/mol. The van der Waals surface area contributed by atoms with Crippen LogP contribution in [0, 0.1) is 10.1 Å². The zero-order chi connectivity index (χ0) is 15.3. The van der Waals surface area contributed by atoms with E-state index < -0.39 is 24.3 Å². The molecule has 0 aliphatic rings. The number of aliphatic hydroxyl groups is 1. The summed E-state index contributed by atoms with van der Waals surface area (Å²) in [7, 11) is 0. The molecular weight excluding hydrogens is 345 g/mol. The van der Waals surface area contributed by atoms with Gasteiger partial charge >= 0.3 is 6.18 Å². The van der Waals surface area contributed by atoms with Gasteiger partial charge in [-0.3, -0.25) is 15.0 Å². The monoisotopic (exact) mass is 356 g/mol. The van der Waals surface area contributed by atoms with E-state index in [-0.39, 0.29) is 18.8 Å². The Hall–Kier alpha value is -1.19. The molecule has 112 valence electrons. The van der Waals surface area contributed by atoms with Crippen LogP contribution in [-0.2, 0) is 6.54 Å². The normalized spacial score (nSPS) is 11.9. The first-order chi connectivity index (χ1) is 9.23. The van der Waals surface area contributed by atoms with Crippen molar-refractivity contribution >= 4 is 21.6 Å². The highest BCUT2D eigenvalue weighted by Crippen LogP contribution is 2.25. The third-order valence-electron chi connectivity index (χ3n) is 2.46. The van der Waals surface area contributed by atoms with Crippen LogP contribution in [0.2, 0.25) is 0 Å². The molecule has 9 heteroatoms. The predicted octanol–water partition coefficient (Wildman–Crippen LogP) is 2.71. The molecule has 0 fully saturated rings. The number of hydrogen-bond donors (Lipinski definition) is 1. The standard InChI is InChI=1S/C11H12BrF3N2O3/c12-10-5-9(17(19)20)2-1-8(10)6-16(3-4-18)7-11(13,14)15/h1-2,5,18H,3-4,6-7H2. The smallest absolute Gasteiger partial charge is 0.395 e. The van der Waals surface area contributed by atoms with Gasteiger partial charge in [-0.2, -0.15) is 13.2 Å². The maximum atomic E-state index is 12.4. The lowest BCUT2D eigenvalue weighted by molar-refractivity contribution is -0.384. The minimum absolute atomic E-state index is 0.0708. The van der Waals surface area contributed by atoms with Crippen LogP contribution in [0.15, 0.2) is 22.7 Å². The summed E-state index contributed by atoms with van der Waals surface area (Å²) >= 11 is 3.10. The molecule has 0 aliphatic heterocycles. The predicted molar refractivity (Wildman–Crippen MR) is 69.2 cm³/mol. The number of nitrogens with zero attached hydrogens (tertiary/aromatic N) is 2. The van der Waals surface area contributed by atoms with Crippen molar-refractivity contribution in [1.82, 2.24) is 4.90 Å². The highest BCUT2D eigenvalue weighted by atomic mass is 79.9. The maximum Gasteiger partial charge on any atom is 0.401 e. The summed E-state index contributed by atoms with van der Waals surface area (Å²) in [6, 6.07) is 3.85. The second kappa shape index (κ2) is 7.00. The number of hydrogen-bond acceptors (Lipinski definition) is 4. The summed E-state index contributed by atoms with van der Waals surface area (Å²) in [5.74, 6) is 0. The number of aliphatic hydroxyl groups excluding tert-OH is 1. The van der Waals surface area contributed by atoms with Crippen LogP contribution in [0.1, 0.15) is 5.56 Å². The molecule has 0 bridgehead atoms. The van der Waals surface area contributed by atoms with Gasteiger partial charge in [0.1, 0.15) is 0 Å². The molecule has 20 heavy (non-hydrogen) atoms. The maximum absolute atomic E-state index is 12.4. The van der Waals surface area contributed by atoms with Crippen molar-refractivity contribution in [2.75, 3.05) is 19.7 Å². The molecule has 0 radical (unpaired) electrons. The van der Waals surface area contributed by atoms with Gasteiger partial charge in [-0.1, -0.05) is 15.9 Å². The second-order valence-corrected chi connectivity index (χ2v) is 4.94. The van der Waals surface area contributed by atoms with Gasteiger partial charge in [0, 0.05) is 29.7 Å². The zero-order valence-electron chi connectivity index (χ0n) is 10.2. The van der Waals surface area contributed by atoms with Crippen molar-refractivity contribution < 1.29 is 23.2 Å². The molecule has 0 atom stereocenters. The van der Waals surface area contributed by atoms with E-state index in [1.54, 1.807) is 0 Å². The highest BCUT2D eigenvalue weighted by molar-refractivity contribution is 9.10. The van der Waals surface area contributed by atoms with E-state index in [1.807, 2.05) is 0 Å². The quantitative estimate of drug-likeness (QED) is 0.628. The van der Waals surface area contributed by atoms with Gasteiger partial charge in [0.25, 0.3) is 5.69 Å². The van der Waals surface area contributed by atoms with Crippen molar-refractivity contribution in [2.24, 2.45) is 0 Å². The number of rotatable bonds is 6. The Bertz CT molecular complexity index is 482. The van der Waals surface area contributed by atoms with E-state index >= 15 is 0 Å². The molecule has 1 aromatic rings. The fourth-order valence-corrected chi connectivity index (χ4v) is 2.12. The molecule has 0 amide bonds. The van der Waals surface area contributed by atoms with Gasteiger partial charge in [0.2, 0.25) is 0 Å². The minimum Gasteiger partial charge on any atom is -0.395 e. The largest absolute Gasteiger partial charge is 0.401 e. The van der Waals surface area contributed by atoms with E-state index in [0.29, 0.717) is 10.0 Å². The fourth-order valence-electron chi connectivity index (χ4n) is 1.63. The van der Waals surface area contributed by atoms with Crippen LogP contribution in [0.25, 0.3) is 0 Å². The van der Waals surface area contributed by atoms with E-state index in [0.717, 1.165) is 4.90 Å². The summed E-state index contributed by atoms with van der Waals surface area (Å²) < 4.78 is 37.5. The molecule has 0 aromatic heterocycles. The number of alkyl halides is 3. The van der Waals surface area contributed by atoms with Crippen LogP contribution in [-0.4, -0.2) is 40.8 Å². The van der Waals surface area contributed by atoms with E-state index in [1.165, 1.54) is 18.2 Å². The van der Waals surface area contributed by atoms with Gasteiger partial charge < -0.3 is 5.11 Å². The van der Waals surface area contributed by atoms with Crippen LogP contribution < -0.4 is 0 Å². The Labute approximate surface area is 121 Å². The van der Waals surface area contributed by atoms with Crippen molar-refractivity contribution in [3.8, 4) is 0 Å². The lowest BCUT2D eigenvalue weighted by Gasteiger charge is -2.23. The Morgan fingerprint density at radius 3 is 2.50 bits per heavy atom. The van der Waals surface area contributed by atoms with Gasteiger partial charge in [-0.05, 0) is 11.6 Å². The number of benzene rings is 1. The molecule has 0 unspecified atom stereocenters. The topological polar surface area (TPSA) is 66.6 Å². The summed E-state index contributed by atoms with van der Waals surface area (Å²) in [5, 5.41) is 19.4. The second-order valence-electron chi connectivity index (χ2n) is 4.08. The first kappa shape index (κ1) is 16.9.